The minimum absolute atomic E-state index is 0.245. The summed E-state index contributed by atoms with van der Waals surface area (Å²) in [5.74, 6) is 0. The molecule has 0 heterocycles. The van der Waals surface area contributed by atoms with Gasteiger partial charge in [-0.15, -0.1) is 0 Å². The lowest BCUT2D eigenvalue weighted by Crippen LogP contribution is -2.18. The molecule has 0 aromatic rings. The van der Waals surface area contributed by atoms with Crippen LogP contribution in [0.25, 0.3) is 0 Å². The third-order valence-electron chi connectivity index (χ3n) is 1.29. The van der Waals surface area contributed by atoms with Crippen molar-refractivity contribution in [2.75, 3.05) is 0 Å². The molecule has 0 saturated heterocycles. The Kier molecular flexibility index (Phi) is 5.24. The molecule has 0 aliphatic heterocycles. The summed E-state index contributed by atoms with van der Waals surface area (Å²) in [5, 5.41) is 8.18. The van der Waals surface area contributed by atoms with Gasteiger partial charge in [-0.25, -0.2) is 0 Å². The molecule has 0 spiro atoms. The first-order chi connectivity index (χ1) is 4.31. The van der Waals surface area contributed by atoms with E-state index in [2.05, 4.69) is 13.0 Å². The Labute approximate surface area is 56.7 Å². The third-order valence-corrected chi connectivity index (χ3v) is 1.29. The summed E-state index contributed by atoms with van der Waals surface area (Å²) < 4.78 is 0. The molecule has 0 aromatic heterocycles. The average molecular weight is 126 g/mol. The fourth-order valence-corrected chi connectivity index (χ4v) is 0.765. The van der Waals surface area contributed by atoms with Gasteiger partial charge in [-0.1, -0.05) is 13.3 Å². The first kappa shape index (κ1) is 8.45. The molecule has 1 unspecified atom stereocenters. The predicted molar refractivity (Wildman–Crippen MR) is 37.7 cm³/mol. The molecule has 2 nitrogen and oxygen atoms in total. The van der Waals surface area contributed by atoms with Gasteiger partial charge in [0.05, 0.1) is 6.07 Å². The van der Waals surface area contributed by atoms with Crippen molar-refractivity contribution in [1.82, 2.24) is 0 Å². The van der Waals surface area contributed by atoms with Gasteiger partial charge >= 0.3 is 0 Å². The maximum Gasteiger partial charge on any atom is 0.0622 e. The second-order valence-corrected chi connectivity index (χ2v) is 2.25. The Morgan fingerprint density at radius 2 is 2.22 bits per heavy atom. The summed E-state index contributed by atoms with van der Waals surface area (Å²) in [6.07, 6.45) is 3.61. The van der Waals surface area contributed by atoms with E-state index in [1.54, 1.807) is 0 Å². The molecule has 1 atom stereocenters. The van der Waals surface area contributed by atoms with Crippen molar-refractivity contribution in [2.24, 2.45) is 5.73 Å². The Morgan fingerprint density at radius 3 is 2.67 bits per heavy atom. The van der Waals surface area contributed by atoms with E-state index in [9.17, 15) is 0 Å². The molecule has 0 rings (SSSR count). The summed E-state index contributed by atoms with van der Waals surface area (Å²) >= 11 is 0. The van der Waals surface area contributed by atoms with Crippen molar-refractivity contribution in [1.29, 1.82) is 5.26 Å². The first-order valence-electron chi connectivity index (χ1n) is 3.43. The van der Waals surface area contributed by atoms with E-state index < -0.39 is 0 Å². The van der Waals surface area contributed by atoms with Crippen molar-refractivity contribution >= 4 is 0 Å². The molecule has 2 N–H and O–H groups in total. The van der Waals surface area contributed by atoms with Crippen LogP contribution in [-0.2, 0) is 0 Å². The standard InChI is InChI=1S/C7H14N2/c1-2-4-7(9)5-3-6-8/h7H,2-5,9H2,1H3. The van der Waals surface area contributed by atoms with Crippen LogP contribution in [0.4, 0.5) is 0 Å². The first-order valence-corrected chi connectivity index (χ1v) is 3.43. The molecule has 0 amide bonds. The maximum atomic E-state index is 8.18. The highest BCUT2D eigenvalue weighted by Gasteiger charge is 1.97. The molecule has 2 heteroatoms. The van der Waals surface area contributed by atoms with Crippen molar-refractivity contribution in [3.05, 3.63) is 0 Å². The zero-order valence-electron chi connectivity index (χ0n) is 5.93. The van der Waals surface area contributed by atoms with Gasteiger partial charge in [0.2, 0.25) is 0 Å². The van der Waals surface area contributed by atoms with Gasteiger partial charge in [-0.2, -0.15) is 5.26 Å². The minimum Gasteiger partial charge on any atom is -0.328 e. The molecule has 0 aliphatic rings. The van der Waals surface area contributed by atoms with Gasteiger partial charge in [0, 0.05) is 12.5 Å². The molecule has 0 bridgehead atoms. The highest BCUT2D eigenvalue weighted by Crippen LogP contribution is 1.99. The summed E-state index contributed by atoms with van der Waals surface area (Å²) in [6.45, 7) is 2.10. The monoisotopic (exact) mass is 126 g/mol. The maximum absolute atomic E-state index is 8.18. The zero-order valence-corrected chi connectivity index (χ0v) is 5.93. The van der Waals surface area contributed by atoms with Crippen LogP contribution in [-0.4, -0.2) is 6.04 Å². The minimum atomic E-state index is 0.245. The van der Waals surface area contributed by atoms with E-state index in [1.165, 1.54) is 0 Å². The normalized spacial score (nSPS) is 12.6. The average Bonchev–Trinajstić information content (AvgIpc) is 1.85. The van der Waals surface area contributed by atoms with Crippen molar-refractivity contribution in [2.45, 2.75) is 38.6 Å². The number of rotatable bonds is 4. The van der Waals surface area contributed by atoms with Crippen molar-refractivity contribution < 1.29 is 0 Å². The molecule has 0 aromatic carbocycles. The van der Waals surface area contributed by atoms with Gasteiger partial charge in [-0.3, -0.25) is 0 Å². The highest BCUT2D eigenvalue weighted by molar-refractivity contribution is 4.73. The Balaban J connectivity index is 3.07. The Hall–Kier alpha value is -0.550. The summed E-state index contributed by atoms with van der Waals surface area (Å²) in [6, 6.07) is 2.32. The van der Waals surface area contributed by atoms with Crippen LogP contribution in [0.15, 0.2) is 0 Å². The zero-order chi connectivity index (χ0) is 7.11. The molecule has 52 valence electrons. The molecule has 9 heavy (non-hydrogen) atoms. The van der Waals surface area contributed by atoms with Gasteiger partial charge in [0.1, 0.15) is 0 Å². The quantitative estimate of drug-likeness (QED) is 0.619. The van der Waals surface area contributed by atoms with Crippen LogP contribution >= 0.6 is 0 Å². The van der Waals surface area contributed by atoms with E-state index >= 15 is 0 Å². The second-order valence-electron chi connectivity index (χ2n) is 2.25. The fraction of sp³-hybridized carbons (Fsp3) is 0.857. The van der Waals surface area contributed by atoms with Gasteiger partial charge < -0.3 is 5.73 Å². The van der Waals surface area contributed by atoms with E-state index in [1.807, 2.05) is 0 Å². The SMILES string of the molecule is CCCC(N)CCC#N. The van der Waals surface area contributed by atoms with Crippen LogP contribution in [0.3, 0.4) is 0 Å². The number of nitrogens with two attached hydrogens (primary N) is 1. The topological polar surface area (TPSA) is 49.8 Å². The van der Waals surface area contributed by atoms with Crippen molar-refractivity contribution in [3.63, 3.8) is 0 Å². The van der Waals surface area contributed by atoms with E-state index in [0.29, 0.717) is 6.42 Å². The molecular weight excluding hydrogens is 112 g/mol. The van der Waals surface area contributed by atoms with Gasteiger partial charge in [0.15, 0.2) is 0 Å². The van der Waals surface area contributed by atoms with Crippen LogP contribution in [0.2, 0.25) is 0 Å². The molecule has 0 radical (unpaired) electrons. The lowest BCUT2D eigenvalue weighted by Gasteiger charge is -2.05. The van der Waals surface area contributed by atoms with Gasteiger partial charge in [0.25, 0.3) is 0 Å². The van der Waals surface area contributed by atoms with Crippen LogP contribution in [0.1, 0.15) is 32.6 Å². The summed E-state index contributed by atoms with van der Waals surface area (Å²) in [7, 11) is 0. The largest absolute Gasteiger partial charge is 0.328 e. The molecule has 0 fully saturated rings. The van der Waals surface area contributed by atoms with Gasteiger partial charge in [-0.05, 0) is 12.8 Å². The van der Waals surface area contributed by atoms with Crippen LogP contribution < -0.4 is 5.73 Å². The number of hydrogen-bond donors (Lipinski definition) is 1. The van der Waals surface area contributed by atoms with E-state index in [0.717, 1.165) is 19.3 Å². The fourth-order valence-electron chi connectivity index (χ4n) is 0.765. The van der Waals surface area contributed by atoms with Crippen LogP contribution in [0, 0.1) is 11.3 Å². The molecular formula is C7H14N2. The molecule has 0 aliphatic carbocycles. The van der Waals surface area contributed by atoms with E-state index in [4.69, 9.17) is 11.0 Å². The number of nitriles is 1. The number of nitrogens with zero attached hydrogens (tertiary/aromatic N) is 1. The summed E-state index contributed by atoms with van der Waals surface area (Å²) in [4.78, 5) is 0. The lowest BCUT2D eigenvalue weighted by molar-refractivity contribution is 0.568. The Morgan fingerprint density at radius 1 is 1.56 bits per heavy atom. The summed E-state index contributed by atoms with van der Waals surface area (Å²) in [5.41, 5.74) is 5.62. The number of hydrogen-bond acceptors (Lipinski definition) is 2. The molecule has 0 saturated carbocycles. The smallest absolute Gasteiger partial charge is 0.0622 e. The lowest BCUT2D eigenvalue weighted by atomic mass is 10.1. The van der Waals surface area contributed by atoms with E-state index in [-0.39, 0.29) is 6.04 Å². The van der Waals surface area contributed by atoms with Crippen molar-refractivity contribution in [3.8, 4) is 6.07 Å². The van der Waals surface area contributed by atoms with Crippen LogP contribution in [0.5, 0.6) is 0 Å². The third kappa shape index (κ3) is 5.32. The highest BCUT2D eigenvalue weighted by atomic mass is 14.6. The second kappa shape index (κ2) is 5.58. The Bertz CT molecular complexity index is 93.6. The predicted octanol–water partition coefficient (Wildman–Crippen LogP) is 1.42.